The lowest BCUT2D eigenvalue weighted by molar-refractivity contribution is -0.0377. The average Bonchev–Trinajstić information content (AvgIpc) is 2.81. The van der Waals surface area contributed by atoms with Crippen molar-refractivity contribution in [1.82, 2.24) is 15.0 Å². The van der Waals surface area contributed by atoms with E-state index in [9.17, 15) is 0 Å². The molecule has 0 bridgehead atoms. The van der Waals surface area contributed by atoms with Gasteiger partial charge in [-0.05, 0) is 47.3 Å². The lowest BCUT2D eigenvalue weighted by atomic mass is 10.2. The van der Waals surface area contributed by atoms with Gasteiger partial charge in [0.1, 0.15) is 11.0 Å². The maximum absolute atomic E-state index is 6.10. The van der Waals surface area contributed by atoms with E-state index in [1.807, 2.05) is 16.8 Å². The Labute approximate surface area is 112 Å². The molecule has 0 radical (unpaired) electrons. The minimum absolute atomic E-state index is 0.0245. The van der Waals surface area contributed by atoms with Gasteiger partial charge in [0, 0.05) is 11.1 Å². The van der Waals surface area contributed by atoms with Gasteiger partial charge < -0.3 is 4.74 Å². The Morgan fingerprint density at radius 3 is 3.06 bits per heavy atom. The zero-order chi connectivity index (χ0) is 11.8. The second-order valence-corrected chi connectivity index (χ2v) is 5.34. The van der Waals surface area contributed by atoms with Crippen LogP contribution in [0.25, 0.3) is 11.0 Å². The molecule has 0 N–H and O–H groups in total. The second-order valence-electron chi connectivity index (χ2n) is 4.08. The van der Waals surface area contributed by atoms with Crippen LogP contribution in [-0.2, 0) is 4.74 Å². The zero-order valence-corrected chi connectivity index (χ0v) is 11.4. The molecule has 17 heavy (non-hydrogen) atoms. The molecular formula is C11H11BrClN3O. The van der Waals surface area contributed by atoms with E-state index >= 15 is 0 Å². The highest BCUT2D eigenvalue weighted by atomic mass is 79.9. The summed E-state index contributed by atoms with van der Waals surface area (Å²) in [5.41, 5.74) is 1.62. The number of fused-ring (bicyclic) bond motifs is 1. The van der Waals surface area contributed by atoms with Gasteiger partial charge in [-0.15, -0.1) is 5.10 Å². The quantitative estimate of drug-likeness (QED) is 0.808. The minimum Gasteiger partial charge on any atom is -0.356 e. The normalized spacial score (nSPS) is 20.9. The number of benzene rings is 1. The fraction of sp³-hybridized carbons (Fsp3) is 0.455. The number of halogens is 2. The third kappa shape index (κ3) is 1.96. The molecule has 2 heterocycles. The largest absolute Gasteiger partial charge is 0.356 e. The molecule has 1 aliphatic heterocycles. The Morgan fingerprint density at radius 1 is 1.41 bits per heavy atom. The van der Waals surface area contributed by atoms with Crippen molar-refractivity contribution in [3.8, 4) is 0 Å². The third-order valence-electron chi connectivity index (χ3n) is 2.95. The molecule has 0 spiro atoms. The van der Waals surface area contributed by atoms with Crippen LogP contribution in [0.3, 0.4) is 0 Å². The molecule has 1 aromatic carbocycles. The summed E-state index contributed by atoms with van der Waals surface area (Å²) in [5, 5.41) is 8.91. The molecule has 2 aromatic rings. The molecule has 1 saturated heterocycles. The summed E-state index contributed by atoms with van der Waals surface area (Å²) in [6.45, 7) is 0.782. The van der Waals surface area contributed by atoms with Crippen molar-refractivity contribution in [3.05, 3.63) is 21.6 Å². The highest BCUT2D eigenvalue weighted by Gasteiger charge is 2.21. The summed E-state index contributed by atoms with van der Waals surface area (Å²) in [7, 11) is 0. The van der Waals surface area contributed by atoms with Crippen molar-refractivity contribution in [2.45, 2.75) is 25.5 Å². The third-order valence-corrected chi connectivity index (χ3v) is 3.90. The number of hydrogen-bond donors (Lipinski definition) is 0. The zero-order valence-electron chi connectivity index (χ0n) is 9.07. The standard InChI is InChI=1S/C11H11BrClN3O/c12-7-4-5-8(13)10-11(7)16(15-14-10)9-3-1-2-6-17-9/h4-5,9H,1-3,6H2. The van der Waals surface area contributed by atoms with Gasteiger partial charge in [0.2, 0.25) is 0 Å². The Kier molecular flexibility index (Phi) is 3.06. The van der Waals surface area contributed by atoms with Crippen LogP contribution in [0.5, 0.6) is 0 Å². The van der Waals surface area contributed by atoms with Crippen molar-refractivity contribution in [2.24, 2.45) is 0 Å². The van der Waals surface area contributed by atoms with E-state index < -0.39 is 0 Å². The Bertz CT molecular complexity index is 551. The van der Waals surface area contributed by atoms with E-state index in [0.29, 0.717) is 5.02 Å². The number of rotatable bonds is 1. The molecule has 0 amide bonds. The molecular weight excluding hydrogens is 305 g/mol. The van der Waals surface area contributed by atoms with Crippen LogP contribution in [0.2, 0.25) is 5.02 Å². The first-order chi connectivity index (χ1) is 8.27. The topological polar surface area (TPSA) is 39.9 Å². The van der Waals surface area contributed by atoms with Gasteiger partial charge >= 0.3 is 0 Å². The summed E-state index contributed by atoms with van der Waals surface area (Å²) < 4.78 is 8.49. The molecule has 3 rings (SSSR count). The smallest absolute Gasteiger partial charge is 0.152 e. The second kappa shape index (κ2) is 4.55. The fourth-order valence-corrected chi connectivity index (χ4v) is 2.79. The van der Waals surface area contributed by atoms with Crippen LogP contribution in [0.4, 0.5) is 0 Å². The first-order valence-electron chi connectivity index (χ1n) is 5.58. The maximum atomic E-state index is 6.10. The van der Waals surface area contributed by atoms with Crippen LogP contribution in [-0.4, -0.2) is 21.6 Å². The summed E-state index contributed by atoms with van der Waals surface area (Å²) in [6.07, 6.45) is 3.22. The molecule has 4 nitrogen and oxygen atoms in total. The van der Waals surface area contributed by atoms with Crippen LogP contribution in [0, 0.1) is 0 Å². The average molecular weight is 317 g/mol. The monoisotopic (exact) mass is 315 g/mol. The predicted octanol–water partition coefficient (Wildman–Crippen LogP) is 3.55. The van der Waals surface area contributed by atoms with Gasteiger partial charge in [-0.3, -0.25) is 0 Å². The summed E-state index contributed by atoms with van der Waals surface area (Å²) in [6, 6.07) is 3.72. The molecule has 90 valence electrons. The van der Waals surface area contributed by atoms with Gasteiger partial charge in [0.05, 0.1) is 5.02 Å². The summed E-state index contributed by atoms with van der Waals surface area (Å²) in [5.74, 6) is 0. The number of nitrogens with zero attached hydrogens (tertiary/aromatic N) is 3. The van der Waals surface area contributed by atoms with Gasteiger partial charge in [0.25, 0.3) is 0 Å². The lowest BCUT2D eigenvalue weighted by Crippen LogP contribution is -2.19. The van der Waals surface area contributed by atoms with Crippen LogP contribution in [0.15, 0.2) is 16.6 Å². The van der Waals surface area contributed by atoms with Gasteiger partial charge in [0.15, 0.2) is 6.23 Å². The SMILES string of the molecule is Clc1ccc(Br)c2c1nnn2C1CCCCO1. The Hall–Kier alpha value is -0.650. The highest BCUT2D eigenvalue weighted by Crippen LogP contribution is 2.32. The molecule has 6 heteroatoms. The lowest BCUT2D eigenvalue weighted by Gasteiger charge is -2.22. The van der Waals surface area contributed by atoms with E-state index in [0.717, 1.165) is 41.4 Å². The first kappa shape index (κ1) is 11.4. The van der Waals surface area contributed by atoms with Crippen LogP contribution in [0.1, 0.15) is 25.5 Å². The van der Waals surface area contributed by atoms with E-state index in [4.69, 9.17) is 16.3 Å². The molecule has 1 aromatic heterocycles. The van der Waals surface area contributed by atoms with Crippen LogP contribution < -0.4 is 0 Å². The van der Waals surface area contributed by atoms with Gasteiger partial charge in [-0.1, -0.05) is 16.8 Å². The fourth-order valence-electron chi connectivity index (χ4n) is 2.10. The molecule has 1 aliphatic rings. The summed E-state index contributed by atoms with van der Waals surface area (Å²) >= 11 is 9.62. The van der Waals surface area contributed by atoms with Crippen molar-refractivity contribution in [1.29, 1.82) is 0 Å². The highest BCUT2D eigenvalue weighted by molar-refractivity contribution is 9.10. The Balaban J connectivity index is 2.13. The molecule has 1 unspecified atom stereocenters. The first-order valence-corrected chi connectivity index (χ1v) is 6.75. The van der Waals surface area contributed by atoms with E-state index in [1.165, 1.54) is 0 Å². The van der Waals surface area contributed by atoms with Gasteiger partial charge in [-0.25, -0.2) is 4.68 Å². The van der Waals surface area contributed by atoms with Gasteiger partial charge in [-0.2, -0.15) is 0 Å². The van der Waals surface area contributed by atoms with E-state index in [-0.39, 0.29) is 6.23 Å². The number of aromatic nitrogens is 3. The minimum atomic E-state index is -0.0245. The van der Waals surface area contributed by atoms with E-state index in [2.05, 4.69) is 26.2 Å². The molecule has 0 saturated carbocycles. The van der Waals surface area contributed by atoms with E-state index in [1.54, 1.807) is 0 Å². The van der Waals surface area contributed by atoms with Crippen molar-refractivity contribution in [2.75, 3.05) is 6.61 Å². The predicted molar refractivity (Wildman–Crippen MR) is 69.1 cm³/mol. The van der Waals surface area contributed by atoms with Crippen molar-refractivity contribution >= 4 is 38.6 Å². The number of ether oxygens (including phenoxy) is 1. The molecule has 0 aliphatic carbocycles. The Morgan fingerprint density at radius 2 is 2.29 bits per heavy atom. The molecule has 1 atom stereocenters. The van der Waals surface area contributed by atoms with Crippen LogP contribution >= 0.6 is 27.5 Å². The maximum Gasteiger partial charge on any atom is 0.152 e. The van der Waals surface area contributed by atoms with Crippen molar-refractivity contribution in [3.63, 3.8) is 0 Å². The van der Waals surface area contributed by atoms with Crippen molar-refractivity contribution < 1.29 is 4.74 Å². The molecule has 1 fully saturated rings. The summed E-state index contributed by atoms with van der Waals surface area (Å²) in [4.78, 5) is 0. The number of hydrogen-bond acceptors (Lipinski definition) is 3.